The summed E-state index contributed by atoms with van der Waals surface area (Å²) >= 11 is 1.91. The van der Waals surface area contributed by atoms with Crippen molar-refractivity contribution in [2.24, 2.45) is 0 Å². The van der Waals surface area contributed by atoms with E-state index in [0.717, 1.165) is 45.2 Å². The highest BCUT2D eigenvalue weighted by Gasteiger charge is 2.23. The van der Waals surface area contributed by atoms with Crippen molar-refractivity contribution in [3.05, 3.63) is 10.6 Å². The second-order valence-corrected chi connectivity index (χ2v) is 7.12. The molecule has 1 saturated heterocycles. The van der Waals surface area contributed by atoms with Gasteiger partial charge in [-0.25, -0.2) is 4.98 Å². The van der Waals surface area contributed by atoms with E-state index in [0.29, 0.717) is 0 Å². The number of aryl methyl sites for hydroxylation is 1. The minimum atomic E-state index is 0.777. The molecule has 2 heterocycles. The highest BCUT2D eigenvalue weighted by atomic mass is 32.1. The van der Waals surface area contributed by atoms with Gasteiger partial charge in [0.15, 0.2) is 5.13 Å². The van der Waals surface area contributed by atoms with Crippen molar-refractivity contribution >= 4 is 16.5 Å². The van der Waals surface area contributed by atoms with E-state index in [-0.39, 0.29) is 0 Å². The van der Waals surface area contributed by atoms with Crippen LogP contribution in [-0.4, -0.2) is 49.2 Å². The van der Waals surface area contributed by atoms with E-state index in [1.54, 1.807) is 0 Å². The molecular weight excluding hydrogens is 268 g/mol. The molecule has 0 unspecified atom stereocenters. The molecule has 2 fully saturated rings. The Hall–Kier alpha value is -0.650. The van der Waals surface area contributed by atoms with Gasteiger partial charge in [0.05, 0.1) is 5.69 Å². The molecule has 0 bridgehead atoms. The number of piperazine rings is 1. The molecule has 4 nitrogen and oxygen atoms in total. The molecule has 0 atom stereocenters. The van der Waals surface area contributed by atoms with Crippen molar-refractivity contribution in [3.63, 3.8) is 0 Å². The molecule has 0 radical (unpaired) electrons. The minimum Gasteiger partial charge on any atom is -0.346 e. The Kier molecular flexibility index (Phi) is 4.58. The molecule has 1 aromatic rings. The summed E-state index contributed by atoms with van der Waals surface area (Å²) in [5.74, 6) is 0. The van der Waals surface area contributed by atoms with Gasteiger partial charge in [-0.1, -0.05) is 13.3 Å². The second kappa shape index (κ2) is 6.41. The molecule has 112 valence electrons. The van der Waals surface area contributed by atoms with Crippen molar-refractivity contribution < 1.29 is 0 Å². The third-order valence-corrected chi connectivity index (χ3v) is 5.31. The standard InChI is InChI=1S/C15H26N4S/c1-3-4-13-14(11-16-12-5-6-12)20-15(17-13)19-9-7-18(2)8-10-19/h12,16H,3-11H2,1-2H3. The normalized spacial score (nSPS) is 20.6. The van der Waals surface area contributed by atoms with E-state index in [1.807, 2.05) is 11.3 Å². The number of thiazole rings is 1. The SMILES string of the molecule is CCCc1nc(N2CCN(C)CC2)sc1CNC1CC1. The maximum absolute atomic E-state index is 4.93. The number of hydrogen-bond acceptors (Lipinski definition) is 5. The van der Waals surface area contributed by atoms with Crippen LogP contribution in [0.3, 0.4) is 0 Å². The molecule has 0 amide bonds. The topological polar surface area (TPSA) is 31.4 Å². The number of anilines is 1. The zero-order chi connectivity index (χ0) is 13.9. The molecular formula is C15H26N4S. The molecule has 1 aliphatic carbocycles. The number of rotatable bonds is 6. The lowest BCUT2D eigenvalue weighted by atomic mass is 10.2. The first kappa shape index (κ1) is 14.3. The first-order valence-corrected chi connectivity index (χ1v) is 8.73. The average Bonchev–Trinajstić information content (AvgIpc) is 3.19. The van der Waals surface area contributed by atoms with E-state index >= 15 is 0 Å². The van der Waals surface area contributed by atoms with Crippen molar-refractivity contribution in [1.82, 2.24) is 15.2 Å². The number of aromatic nitrogens is 1. The van der Waals surface area contributed by atoms with Gasteiger partial charge in [-0.15, -0.1) is 11.3 Å². The first-order chi connectivity index (χ1) is 9.76. The Labute approximate surface area is 126 Å². The summed E-state index contributed by atoms with van der Waals surface area (Å²) < 4.78 is 0. The van der Waals surface area contributed by atoms with Gasteiger partial charge in [0.25, 0.3) is 0 Å². The minimum absolute atomic E-state index is 0.777. The van der Waals surface area contributed by atoms with Crippen LogP contribution in [0.2, 0.25) is 0 Å². The molecule has 5 heteroatoms. The third-order valence-electron chi connectivity index (χ3n) is 4.16. The monoisotopic (exact) mass is 294 g/mol. The van der Waals surface area contributed by atoms with Crippen molar-refractivity contribution in [3.8, 4) is 0 Å². The maximum Gasteiger partial charge on any atom is 0.185 e. The Morgan fingerprint density at radius 1 is 1.25 bits per heavy atom. The van der Waals surface area contributed by atoms with Crippen LogP contribution in [0.5, 0.6) is 0 Å². The summed E-state index contributed by atoms with van der Waals surface area (Å²) in [6.07, 6.45) is 5.01. The Morgan fingerprint density at radius 2 is 2.00 bits per heavy atom. The summed E-state index contributed by atoms with van der Waals surface area (Å²) in [5, 5.41) is 4.88. The second-order valence-electron chi connectivity index (χ2n) is 6.06. The van der Waals surface area contributed by atoms with Gasteiger partial charge in [0.2, 0.25) is 0 Å². The fourth-order valence-electron chi connectivity index (χ4n) is 2.60. The van der Waals surface area contributed by atoms with Gasteiger partial charge >= 0.3 is 0 Å². The van der Waals surface area contributed by atoms with E-state index in [2.05, 4.69) is 29.1 Å². The summed E-state index contributed by atoms with van der Waals surface area (Å²) in [6.45, 7) is 7.80. The number of nitrogens with one attached hydrogen (secondary N) is 1. The zero-order valence-electron chi connectivity index (χ0n) is 12.7. The molecule has 1 N–H and O–H groups in total. The highest BCUT2D eigenvalue weighted by Crippen LogP contribution is 2.29. The zero-order valence-corrected chi connectivity index (χ0v) is 13.5. The molecule has 1 aromatic heterocycles. The van der Waals surface area contributed by atoms with Crippen LogP contribution in [0.15, 0.2) is 0 Å². The fourth-order valence-corrected chi connectivity index (χ4v) is 3.71. The first-order valence-electron chi connectivity index (χ1n) is 7.91. The molecule has 2 aliphatic rings. The predicted molar refractivity (Wildman–Crippen MR) is 85.7 cm³/mol. The van der Waals surface area contributed by atoms with Crippen LogP contribution >= 0.6 is 11.3 Å². The lowest BCUT2D eigenvalue weighted by Gasteiger charge is -2.32. The molecule has 0 aromatic carbocycles. The van der Waals surface area contributed by atoms with Crippen LogP contribution in [-0.2, 0) is 13.0 Å². The van der Waals surface area contributed by atoms with Crippen LogP contribution in [0.1, 0.15) is 36.8 Å². The Balaban J connectivity index is 1.68. The third kappa shape index (κ3) is 3.51. The van der Waals surface area contributed by atoms with Gasteiger partial charge in [-0.05, 0) is 26.3 Å². The summed E-state index contributed by atoms with van der Waals surface area (Å²) in [6, 6.07) is 0.777. The van der Waals surface area contributed by atoms with Crippen LogP contribution in [0.25, 0.3) is 0 Å². The van der Waals surface area contributed by atoms with E-state index < -0.39 is 0 Å². The summed E-state index contributed by atoms with van der Waals surface area (Å²) in [5.41, 5.74) is 1.33. The molecule has 0 spiro atoms. The van der Waals surface area contributed by atoms with Gasteiger partial charge < -0.3 is 15.1 Å². The van der Waals surface area contributed by atoms with E-state index in [1.165, 1.54) is 35.0 Å². The lowest BCUT2D eigenvalue weighted by molar-refractivity contribution is 0.312. The van der Waals surface area contributed by atoms with Gasteiger partial charge in [-0.2, -0.15) is 0 Å². The van der Waals surface area contributed by atoms with Crippen molar-refractivity contribution in [1.29, 1.82) is 0 Å². The van der Waals surface area contributed by atoms with Crippen LogP contribution < -0.4 is 10.2 Å². The van der Waals surface area contributed by atoms with Crippen LogP contribution in [0.4, 0.5) is 5.13 Å². The summed E-state index contributed by atoms with van der Waals surface area (Å²) in [7, 11) is 2.20. The molecule has 1 aliphatic heterocycles. The van der Waals surface area contributed by atoms with Gasteiger partial charge in [0.1, 0.15) is 0 Å². The Morgan fingerprint density at radius 3 is 2.65 bits per heavy atom. The predicted octanol–water partition coefficient (Wildman–Crippen LogP) is 2.10. The van der Waals surface area contributed by atoms with Crippen molar-refractivity contribution in [2.45, 2.75) is 45.2 Å². The largest absolute Gasteiger partial charge is 0.346 e. The van der Waals surface area contributed by atoms with Gasteiger partial charge in [0, 0.05) is 43.6 Å². The van der Waals surface area contributed by atoms with Crippen LogP contribution in [0, 0.1) is 0 Å². The molecule has 20 heavy (non-hydrogen) atoms. The number of nitrogens with zero attached hydrogens (tertiary/aromatic N) is 3. The van der Waals surface area contributed by atoms with Crippen molar-refractivity contribution in [2.75, 3.05) is 38.1 Å². The number of hydrogen-bond donors (Lipinski definition) is 1. The molecule has 1 saturated carbocycles. The molecule has 3 rings (SSSR count). The Bertz CT molecular complexity index is 433. The quantitative estimate of drug-likeness (QED) is 0.870. The average molecular weight is 294 g/mol. The smallest absolute Gasteiger partial charge is 0.185 e. The van der Waals surface area contributed by atoms with E-state index in [4.69, 9.17) is 4.98 Å². The van der Waals surface area contributed by atoms with E-state index in [9.17, 15) is 0 Å². The maximum atomic E-state index is 4.93. The lowest BCUT2D eigenvalue weighted by Crippen LogP contribution is -2.44. The fraction of sp³-hybridized carbons (Fsp3) is 0.800. The highest BCUT2D eigenvalue weighted by molar-refractivity contribution is 7.15. The number of likely N-dealkylation sites (N-methyl/N-ethyl adjacent to an activating group) is 1. The van der Waals surface area contributed by atoms with Gasteiger partial charge in [-0.3, -0.25) is 0 Å². The summed E-state index contributed by atoms with van der Waals surface area (Å²) in [4.78, 5) is 11.3.